The standard InChI is InChI=1S/C14H19ClFNO2S/c1-3-12-5-4-6-17(12)20(18,19)13-7-10(2)14(16)11(8-13)9-15/h7-8,12H,3-6,9H2,1-2H3. The van der Waals surface area contributed by atoms with Crippen molar-refractivity contribution >= 4 is 21.6 Å². The van der Waals surface area contributed by atoms with E-state index in [0.29, 0.717) is 12.1 Å². The zero-order chi connectivity index (χ0) is 14.9. The molecule has 0 bridgehead atoms. The first-order valence-electron chi connectivity index (χ1n) is 6.78. The first-order chi connectivity index (χ1) is 9.41. The second-order valence-corrected chi connectivity index (χ2v) is 7.32. The van der Waals surface area contributed by atoms with Crippen LogP contribution in [0.3, 0.4) is 0 Å². The van der Waals surface area contributed by atoms with Gasteiger partial charge in [-0.3, -0.25) is 0 Å². The molecule has 3 nitrogen and oxygen atoms in total. The number of benzene rings is 1. The normalized spacial score (nSPS) is 20.5. The van der Waals surface area contributed by atoms with Crippen molar-refractivity contribution in [1.82, 2.24) is 4.31 Å². The number of rotatable bonds is 4. The number of aryl methyl sites for hydroxylation is 1. The van der Waals surface area contributed by atoms with Crippen molar-refractivity contribution in [3.63, 3.8) is 0 Å². The Kier molecular flexibility index (Phi) is 4.72. The Balaban J connectivity index is 2.47. The number of hydrogen-bond acceptors (Lipinski definition) is 2. The molecule has 0 saturated carbocycles. The number of hydrogen-bond donors (Lipinski definition) is 0. The Morgan fingerprint density at radius 2 is 2.15 bits per heavy atom. The van der Waals surface area contributed by atoms with Gasteiger partial charge in [0.05, 0.1) is 10.8 Å². The van der Waals surface area contributed by atoms with Gasteiger partial charge in [0.15, 0.2) is 0 Å². The Morgan fingerprint density at radius 3 is 2.75 bits per heavy atom. The van der Waals surface area contributed by atoms with E-state index in [0.717, 1.165) is 19.3 Å². The van der Waals surface area contributed by atoms with E-state index >= 15 is 0 Å². The molecule has 1 aliphatic rings. The Hall–Kier alpha value is -0.650. The van der Waals surface area contributed by atoms with Crippen LogP contribution in [0.2, 0.25) is 0 Å². The predicted octanol–water partition coefficient (Wildman–Crippen LogP) is 3.44. The minimum atomic E-state index is -3.56. The molecule has 1 heterocycles. The van der Waals surface area contributed by atoms with Crippen LogP contribution in [0.4, 0.5) is 4.39 Å². The van der Waals surface area contributed by atoms with Crippen molar-refractivity contribution in [3.8, 4) is 0 Å². The fourth-order valence-electron chi connectivity index (χ4n) is 2.72. The number of halogens is 2. The SMILES string of the molecule is CCC1CCCN1S(=O)(=O)c1cc(C)c(F)c(CCl)c1. The maximum atomic E-state index is 13.8. The van der Waals surface area contributed by atoms with Crippen LogP contribution in [0.1, 0.15) is 37.3 Å². The third-order valence-electron chi connectivity index (χ3n) is 3.85. The van der Waals surface area contributed by atoms with Gasteiger partial charge >= 0.3 is 0 Å². The second-order valence-electron chi connectivity index (χ2n) is 5.17. The highest BCUT2D eigenvalue weighted by Crippen LogP contribution is 2.29. The van der Waals surface area contributed by atoms with Gasteiger partial charge in [-0.1, -0.05) is 6.92 Å². The summed E-state index contributed by atoms with van der Waals surface area (Å²) in [6.07, 6.45) is 2.56. The average Bonchev–Trinajstić information content (AvgIpc) is 2.90. The molecular formula is C14H19ClFNO2S. The predicted molar refractivity (Wildman–Crippen MR) is 77.9 cm³/mol. The lowest BCUT2D eigenvalue weighted by Gasteiger charge is -2.23. The van der Waals surface area contributed by atoms with Gasteiger partial charge < -0.3 is 0 Å². The first kappa shape index (κ1) is 15.7. The van der Waals surface area contributed by atoms with Crippen LogP contribution in [-0.2, 0) is 15.9 Å². The summed E-state index contributed by atoms with van der Waals surface area (Å²) in [6, 6.07) is 2.80. The van der Waals surface area contributed by atoms with E-state index in [9.17, 15) is 12.8 Å². The lowest BCUT2D eigenvalue weighted by atomic mass is 10.1. The van der Waals surface area contributed by atoms with Gasteiger partial charge in [0, 0.05) is 18.2 Å². The first-order valence-corrected chi connectivity index (χ1v) is 8.76. The quantitative estimate of drug-likeness (QED) is 0.797. The molecule has 112 valence electrons. The minimum Gasteiger partial charge on any atom is -0.207 e. The molecule has 1 saturated heterocycles. The van der Waals surface area contributed by atoms with E-state index in [1.807, 2.05) is 6.92 Å². The van der Waals surface area contributed by atoms with Gasteiger partial charge in [-0.05, 0) is 43.9 Å². The fraction of sp³-hybridized carbons (Fsp3) is 0.571. The summed E-state index contributed by atoms with van der Waals surface area (Å²) < 4.78 is 40.7. The summed E-state index contributed by atoms with van der Waals surface area (Å²) >= 11 is 5.69. The van der Waals surface area contributed by atoms with E-state index in [4.69, 9.17) is 11.6 Å². The van der Waals surface area contributed by atoms with Crippen molar-refractivity contribution < 1.29 is 12.8 Å². The van der Waals surface area contributed by atoms with Crippen LogP contribution in [0, 0.1) is 12.7 Å². The summed E-state index contributed by atoms with van der Waals surface area (Å²) in [5.74, 6) is -0.458. The van der Waals surface area contributed by atoms with Crippen molar-refractivity contribution in [3.05, 3.63) is 29.1 Å². The third-order valence-corrected chi connectivity index (χ3v) is 6.07. The molecule has 0 amide bonds. The topological polar surface area (TPSA) is 37.4 Å². The molecular weight excluding hydrogens is 301 g/mol. The zero-order valence-electron chi connectivity index (χ0n) is 11.7. The molecule has 1 unspecified atom stereocenters. The van der Waals surface area contributed by atoms with E-state index in [-0.39, 0.29) is 22.4 Å². The molecule has 1 aromatic carbocycles. The monoisotopic (exact) mass is 319 g/mol. The summed E-state index contributed by atoms with van der Waals surface area (Å²) in [7, 11) is -3.56. The van der Waals surface area contributed by atoms with Crippen molar-refractivity contribution in [2.24, 2.45) is 0 Å². The van der Waals surface area contributed by atoms with Crippen LogP contribution in [0.25, 0.3) is 0 Å². The molecule has 0 N–H and O–H groups in total. The van der Waals surface area contributed by atoms with Gasteiger partial charge in [0.2, 0.25) is 10.0 Å². The Bertz CT molecular complexity index is 603. The van der Waals surface area contributed by atoms with Gasteiger partial charge in [0.25, 0.3) is 0 Å². The van der Waals surface area contributed by atoms with E-state index in [1.165, 1.54) is 16.4 Å². The fourth-order valence-corrected chi connectivity index (χ4v) is 4.82. The van der Waals surface area contributed by atoms with E-state index in [2.05, 4.69) is 0 Å². The smallest absolute Gasteiger partial charge is 0.207 e. The molecule has 0 radical (unpaired) electrons. The maximum absolute atomic E-state index is 13.8. The van der Waals surface area contributed by atoms with Crippen molar-refractivity contribution in [2.45, 2.75) is 49.9 Å². The minimum absolute atomic E-state index is 0.0345. The van der Waals surface area contributed by atoms with Crippen molar-refractivity contribution in [2.75, 3.05) is 6.54 Å². The Labute approximate surface area is 124 Å². The molecule has 0 aromatic heterocycles. The van der Waals surface area contributed by atoms with E-state index in [1.54, 1.807) is 6.92 Å². The summed E-state index contributed by atoms with van der Waals surface area (Å²) in [5.41, 5.74) is 0.548. The average molecular weight is 320 g/mol. The van der Waals surface area contributed by atoms with Crippen LogP contribution in [0.15, 0.2) is 17.0 Å². The van der Waals surface area contributed by atoms with Gasteiger partial charge in [0.1, 0.15) is 5.82 Å². The molecule has 1 aromatic rings. The molecule has 1 fully saturated rings. The van der Waals surface area contributed by atoms with Crippen molar-refractivity contribution in [1.29, 1.82) is 0 Å². The zero-order valence-corrected chi connectivity index (χ0v) is 13.3. The Morgan fingerprint density at radius 1 is 1.45 bits per heavy atom. The summed E-state index contributed by atoms with van der Waals surface area (Å²) in [5, 5.41) is 0. The molecule has 6 heteroatoms. The van der Waals surface area contributed by atoms with E-state index < -0.39 is 15.8 Å². The molecule has 1 aliphatic heterocycles. The van der Waals surface area contributed by atoms with Crippen LogP contribution in [0.5, 0.6) is 0 Å². The lowest BCUT2D eigenvalue weighted by Crippen LogP contribution is -2.35. The van der Waals surface area contributed by atoms with Gasteiger partial charge in [-0.25, -0.2) is 12.8 Å². The second kappa shape index (κ2) is 6.00. The molecule has 0 aliphatic carbocycles. The summed E-state index contributed by atoms with van der Waals surface area (Å²) in [6.45, 7) is 4.08. The number of nitrogens with zero attached hydrogens (tertiary/aromatic N) is 1. The number of alkyl halides is 1. The van der Waals surface area contributed by atoms with Crippen LogP contribution >= 0.6 is 11.6 Å². The molecule has 1 atom stereocenters. The van der Waals surface area contributed by atoms with Crippen LogP contribution in [-0.4, -0.2) is 25.3 Å². The lowest BCUT2D eigenvalue weighted by molar-refractivity contribution is 0.379. The largest absolute Gasteiger partial charge is 0.243 e. The highest BCUT2D eigenvalue weighted by atomic mass is 35.5. The van der Waals surface area contributed by atoms with Gasteiger partial charge in [-0.15, -0.1) is 11.6 Å². The molecule has 20 heavy (non-hydrogen) atoms. The van der Waals surface area contributed by atoms with Gasteiger partial charge in [-0.2, -0.15) is 4.31 Å². The van der Waals surface area contributed by atoms with Crippen LogP contribution < -0.4 is 0 Å². The maximum Gasteiger partial charge on any atom is 0.243 e. The highest BCUT2D eigenvalue weighted by Gasteiger charge is 2.34. The number of sulfonamides is 1. The third kappa shape index (κ3) is 2.71. The molecule has 0 spiro atoms. The molecule has 2 rings (SSSR count). The summed E-state index contributed by atoms with van der Waals surface area (Å²) in [4.78, 5) is 0.146. The highest BCUT2D eigenvalue weighted by molar-refractivity contribution is 7.89.